The highest BCUT2D eigenvalue weighted by molar-refractivity contribution is 7.80. The number of rotatable bonds is 3. The maximum absolute atomic E-state index is 13.7. The summed E-state index contributed by atoms with van der Waals surface area (Å²) < 4.78 is 13.7. The molecule has 0 radical (unpaired) electrons. The maximum Gasteiger partial charge on any atom is 0.228 e. The Morgan fingerprint density at radius 2 is 2.18 bits per heavy atom. The van der Waals surface area contributed by atoms with E-state index in [2.05, 4.69) is 22.6 Å². The molecule has 0 saturated carbocycles. The molecule has 0 saturated heterocycles. The third kappa shape index (κ3) is 2.66. The molecule has 2 nitrogen and oxygen atoms in total. The molecule has 0 amide bonds. The minimum atomic E-state index is -0.414. The molecule has 0 spiro atoms. The van der Waals surface area contributed by atoms with Gasteiger partial charge in [-0.1, -0.05) is 13.8 Å². The minimum Gasteiger partial charge on any atom is -0.264 e. The summed E-state index contributed by atoms with van der Waals surface area (Å²) in [5, 5.41) is 0.545. The third-order valence-corrected chi connectivity index (χ3v) is 4.61. The molecule has 2 rings (SSSR count). The number of nitrogens with zero attached hydrogens (tertiary/aromatic N) is 2. The van der Waals surface area contributed by atoms with Crippen molar-refractivity contribution in [3.05, 3.63) is 35.4 Å². The van der Waals surface area contributed by atoms with Crippen LogP contribution in [0.4, 0.5) is 4.39 Å². The first-order valence-corrected chi connectivity index (χ1v) is 6.67. The highest BCUT2D eigenvalue weighted by atomic mass is 32.1. The third-order valence-electron chi connectivity index (χ3n) is 2.42. The quantitative estimate of drug-likeness (QED) is 0.852. The van der Waals surface area contributed by atoms with Gasteiger partial charge in [-0.05, 0) is 18.1 Å². The Hall–Kier alpha value is -0.940. The monoisotopic (exact) mass is 268 g/mol. The minimum absolute atomic E-state index is 0.113. The van der Waals surface area contributed by atoms with Crippen LogP contribution in [0.25, 0.3) is 10.6 Å². The summed E-state index contributed by atoms with van der Waals surface area (Å²) in [4.78, 5) is 8.55. The number of hydrogen-bond donors (Lipinski definition) is 1. The molecule has 2 aromatic heterocycles. The van der Waals surface area contributed by atoms with Crippen molar-refractivity contribution in [2.45, 2.75) is 19.1 Å². The summed E-state index contributed by atoms with van der Waals surface area (Å²) in [7, 11) is 0. The fourth-order valence-electron chi connectivity index (χ4n) is 1.41. The molecular weight excluding hydrogens is 255 g/mol. The average Bonchev–Trinajstić information content (AvgIpc) is 2.71. The lowest BCUT2D eigenvalue weighted by atomic mass is 10.1. The van der Waals surface area contributed by atoms with Gasteiger partial charge in [-0.15, -0.1) is 11.3 Å². The molecule has 0 aliphatic carbocycles. The van der Waals surface area contributed by atoms with Gasteiger partial charge in [0.25, 0.3) is 0 Å². The van der Waals surface area contributed by atoms with Crippen LogP contribution in [0.15, 0.2) is 24.5 Å². The second-order valence-electron chi connectivity index (χ2n) is 4.10. The second-order valence-corrected chi connectivity index (χ2v) is 5.69. The van der Waals surface area contributed by atoms with Gasteiger partial charge in [0.05, 0.1) is 4.88 Å². The van der Waals surface area contributed by atoms with E-state index < -0.39 is 5.95 Å². The largest absolute Gasteiger partial charge is 0.264 e. The molecule has 1 atom stereocenters. The molecule has 2 aromatic rings. The number of halogens is 1. The van der Waals surface area contributed by atoms with Crippen LogP contribution in [-0.2, 0) is 0 Å². The lowest BCUT2D eigenvalue weighted by molar-refractivity contribution is 0.552. The summed E-state index contributed by atoms with van der Waals surface area (Å²) in [6.45, 7) is 4.03. The SMILES string of the molecule is CC(C)C(S)c1sc(-c2cccnc2)nc1F. The maximum atomic E-state index is 13.7. The number of thiazole rings is 1. The van der Waals surface area contributed by atoms with Crippen LogP contribution in [0.3, 0.4) is 0 Å². The van der Waals surface area contributed by atoms with E-state index in [9.17, 15) is 4.39 Å². The van der Waals surface area contributed by atoms with Crippen molar-refractivity contribution >= 4 is 24.0 Å². The van der Waals surface area contributed by atoms with Gasteiger partial charge < -0.3 is 0 Å². The topological polar surface area (TPSA) is 25.8 Å². The Morgan fingerprint density at radius 3 is 2.76 bits per heavy atom. The Morgan fingerprint density at radius 1 is 1.41 bits per heavy atom. The zero-order valence-electron chi connectivity index (χ0n) is 9.59. The molecule has 17 heavy (non-hydrogen) atoms. The molecule has 0 bridgehead atoms. The first-order chi connectivity index (χ1) is 8.09. The summed E-state index contributed by atoms with van der Waals surface area (Å²) in [6.07, 6.45) is 3.37. The fraction of sp³-hybridized carbons (Fsp3) is 0.333. The molecule has 1 unspecified atom stereocenters. The zero-order valence-corrected chi connectivity index (χ0v) is 11.3. The van der Waals surface area contributed by atoms with Gasteiger partial charge in [0.15, 0.2) is 0 Å². The van der Waals surface area contributed by atoms with Crippen LogP contribution in [-0.4, -0.2) is 9.97 Å². The van der Waals surface area contributed by atoms with Crippen LogP contribution in [0, 0.1) is 11.9 Å². The van der Waals surface area contributed by atoms with Gasteiger partial charge in [-0.2, -0.15) is 17.0 Å². The molecule has 0 aromatic carbocycles. The molecule has 0 fully saturated rings. The van der Waals surface area contributed by atoms with E-state index in [-0.39, 0.29) is 11.2 Å². The van der Waals surface area contributed by atoms with Gasteiger partial charge >= 0.3 is 0 Å². The Kier molecular flexibility index (Phi) is 3.79. The van der Waals surface area contributed by atoms with E-state index in [1.807, 2.05) is 26.0 Å². The van der Waals surface area contributed by atoms with E-state index >= 15 is 0 Å². The van der Waals surface area contributed by atoms with Crippen LogP contribution in [0.1, 0.15) is 24.0 Å². The first-order valence-electron chi connectivity index (χ1n) is 5.34. The van der Waals surface area contributed by atoms with Gasteiger partial charge in [0.1, 0.15) is 5.01 Å². The summed E-state index contributed by atoms with van der Waals surface area (Å²) in [5.74, 6) is -0.141. The molecule has 90 valence electrons. The standard InChI is InChI=1S/C12H13FN2S2/c1-7(2)9(16)10-11(13)15-12(17-10)8-4-3-5-14-6-8/h3-7,9,16H,1-2H3. The smallest absolute Gasteiger partial charge is 0.228 e. The molecule has 0 aliphatic rings. The lowest BCUT2D eigenvalue weighted by Crippen LogP contribution is -1.99. The Bertz CT molecular complexity index is 496. The van der Waals surface area contributed by atoms with Gasteiger partial charge in [-0.25, -0.2) is 4.98 Å². The van der Waals surface area contributed by atoms with Crippen molar-refractivity contribution in [3.8, 4) is 10.6 Å². The van der Waals surface area contributed by atoms with E-state index in [1.54, 1.807) is 12.4 Å². The molecule has 5 heteroatoms. The van der Waals surface area contributed by atoms with Crippen LogP contribution < -0.4 is 0 Å². The van der Waals surface area contributed by atoms with Crippen molar-refractivity contribution in [1.29, 1.82) is 0 Å². The summed E-state index contributed by atoms with van der Waals surface area (Å²) in [5.41, 5.74) is 0.840. The number of aromatic nitrogens is 2. The van der Waals surface area contributed by atoms with Gasteiger partial charge in [0, 0.05) is 23.2 Å². The van der Waals surface area contributed by atoms with Crippen molar-refractivity contribution < 1.29 is 4.39 Å². The lowest BCUT2D eigenvalue weighted by Gasteiger charge is -2.11. The average molecular weight is 268 g/mol. The van der Waals surface area contributed by atoms with Crippen molar-refractivity contribution in [2.24, 2.45) is 5.92 Å². The first kappa shape index (κ1) is 12.5. The highest BCUT2D eigenvalue weighted by Gasteiger charge is 2.21. The Labute approximate surface area is 109 Å². The van der Waals surface area contributed by atoms with Crippen molar-refractivity contribution in [3.63, 3.8) is 0 Å². The summed E-state index contributed by atoms with van der Waals surface area (Å²) in [6, 6.07) is 3.69. The number of pyridine rings is 1. The molecule has 2 heterocycles. The molecular formula is C12H13FN2S2. The van der Waals surface area contributed by atoms with Crippen molar-refractivity contribution in [2.75, 3.05) is 0 Å². The fourth-order valence-corrected chi connectivity index (χ4v) is 2.77. The van der Waals surface area contributed by atoms with Crippen LogP contribution in [0.2, 0.25) is 0 Å². The van der Waals surface area contributed by atoms with E-state index in [1.165, 1.54) is 11.3 Å². The van der Waals surface area contributed by atoms with E-state index in [0.717, 1.165) is 5.56 Å². The van der Waals surface area contributed by atoms with Crippen LogP contribution in [0.5, 0.6) is 0 Å². The highest BCUT2D eigenvalue weighted by Crippen LogP contribution is 2.37. The number of hydrogen-bond acceptors (Lipinski definition) is 4. The van der Waals surface area contributed by atoms with Gasteiger partial charge in [0.2, 0.25) is 5.95 Å². The number of thiol groups is 1. The van der Waals surface area contributed by atoms with E-state index in [0.29, 0.717) is 9.88 Å². The predicted octanol–water partition coefficient (Wildman–Crippen LogP) is 3.97. The molecule has 0 N–H and O–H groups in total. The zero-order chi connectivity index (χ0) is 12.4. The second kappa shape index (κ2) is 5.14. The normalized spacial score (nSPS) is 13.0. The molecule has 0 aliphatic heterocycles. The Balaban J connectivity index is 2.37. The van der Waals surface area contributed by atoms with Gasteiger partial charge in [-0.3, -0.25) is 4.98 Å². The predicted molar refractivity (Wildman–Crippen MR) is 71.9 cm³/mol. The van der Waals surface area contributed by atoms with Crippen LogP contribution >= 0.6 is 24.0 Å². The summed E-state index contributed by atoms with van der Waals surface area (Å²) >= 11 is 5.77. The van der Waals surface area contributed by atoms with E-state index in [4.69, 9.17) is 0 Å². The van der Waals surface area contributed by atoms with Crippen molar-refractivity contribution in [1.82, 2.24) is 9.97 Å².